The van der Waals surface area contributed by atoms with Crippen LogP contribution in [0.15, 0.2) is 24.4 Å². The zero-order valence-electron chi connectivity index (χ0n) is 9.36. The standard InChI is InChI=1S/C12H18N2O/c1-10-12(2,6-8-15-10)14-9-11-5-3-4-7-13-11/h3-5,7,10,14H,6,8-9H2,1-2H3. The van der Waals surface area contributed by atoms with Crippen molar-refractivity contribution < 1.29 is 4.74 Å². The Morgan fingerprint density at radius 2 is 2.47 bits per heavy atom. The quantitative estimate of drug-likeness (QED) is 0.818. The van der Waals surface area contributed by atoms with Gasteiger partial charge < -0.3 is 10.1 Å². The Labute approximate surface area is 90.9 Å². The molecule has 82 valence electrons. The second-order valence-electron chi connectivity index (χ2n) is 4.36. The van der Waals surface area contributed by atoms with Crippen LogP contribution in [0.5, 0.6) is 0 Å². The minimum absolute atomic E-state index is 0.0948. The summed E-state index contributed by atoms with van der Waals surface area (Å²) in [5.74, 6) is 0. The lowest BCUT2D eigenvalue weighted by molar-refractivity contribution is 0.0880. The maximum absolute atomic E-state index is 5.57. The number of nitrogens with zero attached hydrogens (tertiary/aromatic N) is 1. The Bertz CT molecular complexity index is 315. The molecule has 15 heavy (non-hydrogen) atoms. The topological polar surface area (TPSA) is 34.1 Å². The molecule has 1 aromatic heterocycles. The van der Waals surface area contributed by atoms with Gasteiger partial charge in [-0.2, -0.15) is 0 Å². The molecule has 1 aromatic rings. The van der Waals surface area contributed by atoms with Crippen molar-refractivity contribution in [3.63, 3.8) is 0 Å². The van der Waals surface area contributed by atoms with Gasteiger partial charge in [-0.1, -0.05) is 6.07 Å². The largest absolute Gasteiger partial charge is 0.377 e. The first-order chi connectivity index (χ1) is 7.21. The Morgan fingerprint density at radius 3 is 3.07 bits per heavy atom. The van der Waals surface area contributed by atoms with Crippen LogP contribution in [0.3, 0.4) is 0 Å². The van der Waals surface area contributed by atoms with Gasteiger partial charge in [0, 0.05) is 24.9 Å². The van der Waals surface area contributed by atoms with E-state index in [1.54, 1.807) is 0 Å². The number of pyridine rings is 1. The average molecular weight is 206 g/mol. The second-order valence-corrected chi connectivity index (χ2v) is 4.36. The van der Waals surface area contributed by atoms with Crippen molar-refractivity contribution >= 4 is 0 Å². The van der Waals surface area contributed by atoms with Crippen molar-refractivity contribution in [2.45, 2.75) is 38.5 Å². The van der Waals surface area contributed by atoms with Gasteiger partial charge in [-0.25, -0.2) is 0 Å². The summed E-state index contributed by atoms with van der Waals surface area (Å²) in [6, 6.07) is 5.99. The van der Waals surface area contributed by atoms with Crippen molar-refractivity contribution in [2.24, 2.45) is 0 Å². The van der Waals surface area contributed by atoms with Crippen molar-refractivity contribution in [1.29, 1.82) is 0 Å². The van der Waals surface area contributed by atoms with Crippen molar-refractivity contribution in [3.8, 4) is 0 Å². The highest BCUT2D eigenvalue weighted by Crippen LogP contribution is 2.25. The van der Waals surface area contributed by atoms with Crippen LogP contribution in [0, 0.1) is 0 Å². The van der Waals surface area contributed by atoms with Crippen molar-refractivity contribution in [2.75, 3.05) is 6.61 Å². The molecule has 1 aliphatic rings. The fourth-order valence-corrected chi connectivity index (χ4v) is 1.86. The molecular weight excluding hydrogens is 188 g/mol. The van der Waals surface area contributed by atoms with Gasteiger partial charge >= 0.3 is 0 Å². The smallest absolute Gasteiger partial charge is 0.0726 e. The second kappa shape index (κ2) is 4.29. The van der Waals surface area contributed by atoms with Gasteiger partial charge in [-0.15, -0.1) is 0 Å². The molecule has 1 N–H and O–H groups in total. The molecule has 2 atom stereocenters. The lowest BCUT2D eigenvalue weighted by Gasteiger charge is -2.28. The van der Waals surface area contributed by atoms with Gasteiger partial charge in [-0.3, -0.25) is 4.98 Å². The maximum atomic E-state index is 5.57. The lowest BCUT2D eigenvalue weighted by atomic mass is 9.94. The molecule has 0 amide bonds. The van der Waals surface area contributed by atoms with Crippen LogP contribution in [-0.4, -0.2) is 23.2 Å². The molecule has 0 aliphatic carbocycles. The summed E-state index contributed by atoms with van der Waals surface area (Å²) in [6.45, 7) is 6.00. The van der Waals surface area contributed by atoms with Crippen molar-refractivity contribution in [3.05, 3.63) is 30.1 Å². The molecule has 3 heteroatoms. The molecule has 2 rings (SSSR count). The summed E-state index contributed by atoms with van der Waals surface area (Å²) in [7, 11) is 0. The molecule has 0 aromatic carbocycles. The Balaban J connectivity index is 1.93. The maximum Gasteiger partial charge on any atom is 0.0726 e. The number of rotatable bonds is 3. The number of aromatic nitrogens is 1. The number of hydrogen-bond donors (Lipinski definition) is 1. The Morgan fingerprint density at radius 1 is 1.60 bits per heavy atom. The summed E-state index contributed by atoms with van der Waals surface area (Å²) in [4.78, 5) is 4.29. The summed E-state index contributed by atoms with van der Waals surface area (Å²) in [6.07, 6.45) is 3.18. The van der Waals surface area contributed by atoms with Gasteiger partial charge in [0.1, 0.15) is 0 Å². The van der Waals surface area contributed by atoms with E-state index in [0.29, 0.717) is 0 Å². The Kier molecular flexibility index (Phi) is 3.03. The van der Waals surface area contributed by atoms with Gasteiger partial charge in [0.15, 0.2) is 0 Å². The zero-order chi connectivity index (χ0) is 10.7. The molecule has 0 spiro atoms. The first-order valence-corrected chi connectivity index (χ1v) is 5.47. The third-order valence-corrected chi connectivity index (χ3v) is 3.29. The average Bonchev–Trinajstić information content (AvgIpc) is 2.59. The fourth-order valence-electron chi connectivity index (χ4n) is 1.86. The van der Waals surface area contributed by atoms with Gasteiger partial charge in [0.05, 0.1) is 11.8 Å². The normalized spacial score (nSPS) is 30.7. The predicted molar refractivity (Wildman–Crippen MR) is 59.5 cm³/mol. The minimum atomic E-state index is 0.0948. The number of hydrogen-bond acceptors (Lipinski definition) is 3. The van der Waals surface area contributed by atoms with E-state index in [0.717, 1.165) is 25.3 Å². The number of nitrogens with one attached hydrogen (secondary N) is 1. The fraction of sp³-hybridized carbons (Fsp3) is 0.583. The summed E-state index contributed by atoms with van der Waals surface area (Å²) < 4.78 is 5.57. The minimum Gasteiger partial charge on any atom is -0.377 e. The van der Waals surface area contributed by atoms with E-state index in [1.807, 2.05) is 24.4 Å². The highest BCUT2D eigenvalue weighted by molar-refractivity contribution is 5.05. The van der Waals surface area contributed by atoms with E-state index in [2.05, 4.69) is 24.1 Å². The van der Waals surface area contributed by atoms with Crippen molar-refractivity contribution in [1.82, 2.24) is 10.3 Å². The van der Waals surface area contributed by atoms with E-state index >= 15 is 0 Å². The van der Waals surface area contributed by atoms with E-state index in [4.69, 9.17) is 4.74 Å². The molecule has 0 bridgehead atoms. The third kappa shape index (κ3) is 2.36. The van der Waals surface area contributed by atoms with Gasteiger partial charge in [0.2, 0.25) is 0 Å². The molecule has 1 aliphatic heterocycles. The first kappa shape index (κ1) is 10.6. The molecule has 2 unspecified atom stereocenters. The van der Waals surface area contributed by atoms with Crippen LogP contribution in [-0.2, 0) is 11.3 Å². The van der Waals surface area contributed by atoms with Crippen LogP contribution in [0.25, 0.3) is 0 Å². The summed E-state index contributed by atoms with van der Waals surface area (Å²) in [5.41, 5.74) is 1.18. The zero-order valence-corrected chi connectivity index (χ0v) is 9.36. The highest BCUT2D eigenvalue weighted by atomic mass is 16.5. The first-order valence-electron chi connectivity index (χ1n) is 5.47. The highest BCUT2D eigenvalue weighted by Gasteiger charge is 2.36. The monoisotopic (exact) mass is 206 g/mol. The predicted octanol–water partition coefficient (Wildman–Crippen LogP) is 1.74. The van der Waals surface area contributed by atoms with Gasteiger partial charge in [0.25, 0.3) is 0 Å². The summed E-state index contributed by atoms with van der Waals surface area (Å²) >= 11 is 0. The molecule has 0 saturated carbocycles. The van der Waals surface area contributed by atoms with E-state index < -0.39 is 0 Å². The molecule has 1 saturated heterocycles. The van der Waals surface area contributed by atoms with E-state index in [-0.39, 0.29) is 11.6 Å². The van der Waals surface area contributed by atoms with Crippen LogP contribution in [0.4, 0.5) is 0 Å². The molecule has 3 nitrogen and oxygen atoms in total. The lowest BCUT2D eigenvalue weighted by Crippen LogP contribution is -2.47. The van der Waals surface area contributed by atoms with Crippen LogP contribution in [0.1, 0.15) is 26.0 Å². The molecule has 1 fully saturated rings. The molecule has 0 radical (unpaired) electrons. The SMILES string of the molecule is CC1OCCC1(C)NCc1ccccn1. The summed E-state index contributed by atoms with van der Waals surface area (Å²) in [5, 5.41) is 3.54. The van der Waals surface area contributed by atoms with Crippen LogP contribution >= 0.6 is 0 Å². The third-order valence-electron chi connectivity index (χ3n) is 3.29. The molecule has 2 heterocycles. The van der Waals surface area contributed by atoms with E-state index in [9.17, 15) is 0 Å². The van der Waals surface area contributed by atoms with E-state index in [1.165, 1.54) is 0 Å². The number of ether oxygens (including phenoxy) is 1. The molecular formula is C12H18N2O. The van der Waals surface area contributed by atoms with Gasteiger partial charge in [-0.05, 0) is 32.4 Å². The van der Waals surface area contributed by atoms with Crippen LogP contribution in [0.2, 0.25) is 0 Å². The van der Waals surface area contributed by atoms with Crippen LogP contribution < -0.4 is 5.32 Å². The Hall–Kier alpha value is -0.930.